The summed E-state index contributed by atoms with van der Waals surface area (Å²) in [5, 5.41) is 4.67. The van der Waals surface area contributed by atoms with Gasteiger partial charge in [-0.2, -0.15) is 0 Å². The number of rotatable bonds is 10. The van der Waals surface area contributed by atoms with Crippen LogP contribution in [0.5, 0.6) is 5.75 Å². The van der Waals surface area contributed by atoms with E-state index in [1.165, 1.54) is 41.8 Å². The van der Waals surface area contributed by atoms with Crippen LogP contribution in [-0.4, -0.2) is 39.0 Å². The summed E-state index contributed by atoms with van der Waals surface area (Å²) in [4.78, 5) is 18.4. The number of sulfonamides is 1. The molecule has 1 heterocycles. The minimum Gasteiger partial charge on any atom is -0.484 e. The number of amides is 1. The van der Waals surface area contributed by atoms with E-state index in [0.29, 0.717) is 16.6 Å². The van der Waals surface area contributed by atoms with E-state index in [-0.39, 0.29) is 17.4 Å². The van der Waals surface area contributed by atoms with Gasteiger partial charge in [0.15, 0.2) is 11.7 Å². The van der Waals surface area contributed by atoms with Gasteiger partial charge >= 0.3 is 0 Å². The maximum atomic E-state index is 12.4. The van der Waals surface area contributed by atoms with Gasteiger partial charge in [-0.3, -0.25) is 9.52 Å². The van der Waals surface area contributed by atoms with E-state index >= 15 is 0 Å². The first-order valence-electron chi connectivity index (χ1n) is 9.71. The Hall–Kier alpha value is -3.11. The molecule has 1 aromatic heterocycles. The minimum absolute atomic E-state index is 0.0742. The zero-order chi connectivity index (χ0) is 22.3. The molecule has 0 bridgehead atoms. The Morgan fingerprint density at radius 2 is 1.87 bits per heavy atom. The highest BCUT2D eigenvalue weighted by atomic mass is 32.2. The molecule has 31 heavy (non-hydrogen) atoms. The predicted molar refractivity (Wildman–Crippen MR) is 123 cm³/mol. The van der Waals surface area contributed by atoms with Crippen molar-refractivity contribution in [2.75, 3.05) is 34.6 Å². The summed E-state index contributed by atoms with van der Waals surface area (Å²) >= 11 is 1.19. The lowest BCUT2D eigenvalue weighted by Crippen LogP contribution is -2.22. The molecule has 0 aliphatic carbocycles. The predicted octanol–water partition coefficient (Wildman–Crippen LogP) is 3.81. The van der Waals surface area contributed by atoms with E-state index in [2.05, 4.69) is 33.8 Å². The van der Waals surface area contributed by atoms with Crippen LogP contribution in [0, 0.1) is 0 Å². The van der Waals surface area contributed by atoms with Crippen molar-refractivity contribution in [1.29, 1.82) is 0 Å². The normalized spacial score (nSPS) is 11.0. The Bertz CT molecular complexity index is 1100. The van der Waals surface area contributed by atoms with Gasteiger partial charge in [-0.15, -0.1) is 11.3 Å². The van der Waals surface area contributed by atoms with E-state index in [4.69, 9.17) is 4.74 Å². The molecule has 3 aromatic rings. The van der Waals surface area contributed by atoms with Crippen LogP contribution in [-0.2, 0) is 14.8 Å². The standard InChI is InChI=1S/C21H24N4O4S2/c1-3-25(4-2)17-6-5-7-18(14-17)29-15-20(26)23-16-8-10-19(11-9-16)31(27,28)24-21-22-12-13-30-21/h5-14H,3-4,15H2,1-2H3,(H,22,24)(H,23,26). The molecular weight excluding hydrogens is 436 g/mol. The fraction of sp³-hybridized carbons (Fsp3) is 0.238. The summed E-state index contributed by atoms with van der Waals surface area (Å²) in [6, 6.07) is 13.5. The number of aromatic nitrogens is 1. The molecule has 8 nitrogen and oxygen atoms in total. The molecule has 0 saturated carbocycles. The lowest BCUT2D eigenvalue weighted by Gasteiger charge is -2.21. The number of hydrogen-bond donors (Lipinski definition) is 2. The average molecular weight is 461 g/mol. The first kappa shape index (κ1) is 22.6. The van der Waals surface area contributed by atoms with Gasteiger partial charge in [-0.05, 0) is 50.2 Å². The second-order valence-corrected chi connectivity index (χ2v) is 9.05. The van der Waals surface area contributed by atoms with Crippen molar-refractivity contribution in [1.82, 2.24) is 4.98 Å². The topological polar surface area (TPSA) is 101 Å². The third kappa shape index (κ3) is 6.19. The van der Waals surface area contributed by atoms with Gasteiger partial charge in [0.05, 0.1) is 4.90 Å². The number of carbonyl (C=O) groups is 1. The average Bonchev–Trinajstić information content (AvgIpc) is 3.26. The third-order valence-corrected chi connectivity index (χ3v) is 6.59. The SMILES string of the molecule is CCN(CC)c1cccc(OCC(=O)Nc2ccc(S(=O)(=O)Nc3nccs3)cc2)c1. The summed E-state index contributed by atoms with van der Waals surface area (Å²) in [6.07, 6.45) is 1.52. The van der Waals surface area contributed by atoms with Crippen LogP contribution >= 0.6 is 11.3 Å². The van der Waals surface area contributed by atoms with Crippen molar-refractivity contribution < 1.29 is 17.9 Å². The highest BCUT2D eigenvalue weighted by Gasteiger charge is 2.15. The maximum Gasteiger partial charge on any atom is 0.263 e. The third-order valence-electron chi connectivity index (χ3n) is 4.42. The molecule has 0 radical (unpaired) electrons. The number of nitrogens with one attached hydrogen (secondary N) is 2. The number of nitrogens with zero attached hydrogens (tertiary/aromatic N) is 2. The van der Waals surface area contributed by atoms with Gasteiger partial charge in [0.2, 0.25) is 0 Å². The van der Waals surface area contributed by atoms with Gasteiger partial charge in [0.25, 0.3) is 15.9 Å². The van der Waals surface area contributed by atoms with Crippen molar-refractivity contribution in [3.05, 3.63) is 60.1 Å². The summed E-state index contributed by atoms with van der Waals surface area (Å²) in [6.45, 7) is 5.76. The van der Waals surface area contributed by atoms with Crippen molar-refractivity contribution in [2.45, 2.75) is 18.7 Å². The quantitative estimate of drug-likeness (QED) is 0.477. The van der Waals surface area contributed by atoms with Gasteiger partial charge in [-0.1, -0.05) is 6.07 Å². The van der Waals surface area contributed by atoms with E-state index in [0.717, 1.165) is 18.8 Å². The molecular formula is C21H24N4O4S2. The molecule has 2 aromatic carbocycles. The molecule has 0 unspecified atom stereocenters. The molecule has 1 amide bonds. The number of hydrogen-bond acceptors (Lipinski definition) is 7. The van der Waals surface area contributed by atoms with Crippen molar-refractivity contribution in [3.63, 3.8) is 0 Å². The Balaban J connectivity index is 1.56. The first-order chi connectivity index (χ1) is 14.9. The van der Waals surface area contributed by atoms with Gasteiger partial charge < -0.3 is 15.0 Å². The van der Waals surface area contributed by atoms with Gasteiger partial charge in [0.1, 0.15) is 5.75 Å². The molecule has 0 aliphatic rings. The molecule has 3 rings (SSSR count). The minimum atomic E-state index is -3.73. The van der Waals surface area contributed by atoms with E-state index in [1.54, 1.807) is 11.4 Å². The van der Waals surface area contributed by atoms with Crippen molar-refractivity contribution in [2.24, 2.45) is 0 Å². The summed E-state index contributed by atoms with van der Waals surface area (Å²) < 4.78 is 32.7. The van der Waals surface area contributed by atoms with E-state index in [1.807, 2.05) is 18.2 Å². The molecule has 0 saturated heterocycles. The summed E-state index contributed by atoms with van der Waals surface area (Å²) in [5.41, 5.74) is 1.50. The highest BCUT2D eigenvalue weighted by molar-refractivity contribution is 7.93. The zero-order valence-electron chi connectivity index (χ0n) is 17.2. The maximum absolute atomic E-state index is 12.4. The molecule has 164 valence electrons. The summed E-state index contributed by atoms with van der Waals surface area (Å²) in [7, 11) is -3.73. The molecule has 0 spiro atoms. The lowest BCUT2D eigenvalue weighted by atomic mass is 10.2. The Kier molecular flexibility index (Phi) is 7.48. The molecule has 10 heteroatoms. The number of benzene rings is 2. The van der Waals surface area contributed by atoms with Crippen molar-refractivity contribution >= 4 is 43.8 Å². The number of thiazole rings is 1. The number of ether oxygens (including phenoxy) is 1. The van der Waals surface area contributed by atoms with Crippen LogP contribution in [0.25, 0.3) is 0 Å². The number of carbonyl (C=O) groups excluding carboxylic acids is 1. The van der Waals surface area contributed by atoms with Crippen LogP contribution in [0.15, 0.2) is 65.0 Å². The largest absolute Gasteiger partial charge is 0.484 e. The molecule has 0 aliphatic heterocycles. The second kappa shape index (κ2) is 10.3. The molecule has 0 fully saturated rings. The molecule has 0 atom stereocenters. The second-order valence-electron chi connectivity index (χ2n) is 6.47. The van der Waals surface area contributed by atoms with Crippen molar-refractivity contribution in [3.8, 4) is 5.75 Å². The van der Waals surface area contributed by atoms with Crippen LogP contribution in [0.1, 0.15) is 13.8 Å². The van der Waals surface area contributed by atoms with E-state index < -0.39 is 10.0 Å². The zero-order valence-corrected chi connectivity index (χ0v) is 18.9. The van der Waals surface area contributed by atoms with Crippen LogP contribution in [0.3, 0.4) is 0 Å². The Labute approximate surface area is 185 Å². The van der Waals surface area contributed by atoms with E-state index in [9.17, 15) is 13.2 Å². The van der Waals surface area contributed by atoms with Gasteiger partial charge in [0, 0.05) is 42.1 Å². The Morgan fingerprint density at radius 3 is 2.52 bits per heavy atom. The first-order valence-corrected chi connectivity index (χ1v) is 12.1. The Morgan fingerprint density at radius 1 is 1.13 bits per heavy atom. The van der Waals surface area contributed by atoms with Crippen LogP contribution in [0.2, 0.25) is 0 Å². The fourth-order valence-corrected chi connectivity index (χ4v) is 4.66. The molecule has 2 N–H and O–H groups in total. The fourth-order valence-electron chi connectivity index (χ4n) is 2.87. The summed E-state index contributed by atoms with van der Waals surface area (Å²) in [5.74, 6) is 0.263. The lowest BCUT2D eigenvalue weighted by molar-refractivity contribution is -0.118. The van der Waals surface area contributed by atoms with Crippen LogP contribution in [0.4, 0.5) is 16.5 Å². The number of anilines is 3. The highest BCUT2D eigenvalue weighted by Crippen LogP contribution is 2.22. The monoisotopic (exact) mass is 460 g/mol. The van der Waals surface area contributed by atoms with Gasteiger partial charge in [-0.25, -0.2) is 13.4 Å². The smallest absolute Gasteiger partial charge is 0.263 e. The van der Waals surface area contributed by atoms with Crippen LogP contribution < -0.4 is 19.7 Å².